The van der Waals surface area contributed by atoms with Crippen LogP contribution in [0.5, 0.6) is 0 Å². The van der Waals surface area contributed by atoms with E-state index < -0.39 is 0 Å². The average molecular weight is 289 g/mol. The highest BCUT2D eigenvalue weighted by atomic mass is 14.7. The third-order valence-corrected chi connectivity index (χ3v) is 6.29. The fraction of sp³-hybridized carbons (Fsp3) is 0.333. The minimum absolute atomic E-state index is 0.311. The van der Waals surface area contributed by atoms with Gasteiger partial charge < -0.3 is 5.73 Å². The molecular weight excluding hydrogens is 266 g/mol. The van der Waals surface area contributed by atoms with Gasteiger partial charge in [-0.3, -0.25) is 0 Å². The second-order valence-electron chi connectivity index (χ2n) is 7.87. The van der Waals surface area contributed by atoms with Crippen LogP contribution in [0.1, 0.15) is 39.2 Å². The quantitative estimate of drug-likeness (QED) is 0.449. The molecule has 1 heteroatoms. The number of hydrogen-bond acceptors (Lipinski definition) is 1. The van der Waals surface area contributed by atoms with Crippen molar-refractivity contribution < 1.29 is 0 Å². The Morgan fingerprint density at radius 3 is 1.95 bits per heavy atom. The number of fused-ring (bicyclic) bond motifs is 2. The summed E-state index contributed by atoms with van der Waals surface area (Å²) in [5.41, 5.74) is 9.50. The zero-order chi connectivity index (χ0) is 15.7. The van der Waals surface area contributed by atoms with Gasteiger partial charge in [0.1, 0.15) is 0 Å². The third kappa shape index (κ3) is 1.60. The summed E-state index contributed by atoms with van der Waals surface area (Å²) in [4.78, 5) is 0. The van der Waals surface area contributed by atoms with Crippen LogP contribution in [0.4, 0.5) is 5.69 Å². The molecule has 0 unspecified atom stereocenters. The van der Waals surface area contributed by atoms with Gasteiger partial charge in [-0.25, -0.2) is 0 Å². The predicted octanol–water partition coefficient (Wildman–Crippen LogP) is 5.72. The number of nitrogen functional groups attached to an aromatic ring is 1. The van der Waals surface area contributed by atoms with Crippen LogP contribution in [0.15, 0.2) is 48.5 Å². The van der Waals surface area contributed by atoms with Gasteiger partial charge in [0.05, 0.1) is 0 Å². The second-order valence-corrected chi connectivity index (χ2v) is 7.87. The number of benzene rings is 3. The summed E-state index contributed by atoms with van der Waals surface area (Å²) in [6.07, 6.45) is 0. The second kappa shape index (κ2) is 4.04. The van der Waals surface area contributed by atoms with Crippen LogP contribution >= 0.6 is 0 Å². The lowest BCUT2D eigenvalue weighted by Gasteiger charge is -2.12. The summed E-state index contributed by atoms with van der Waals surface area (Å²) in [5, 5.41) is 4.95. The molecule has 0 heterocycles. The molecule has 0 aliphatic heterocycles. The molecule has 1 saturated carbocycles. The van der Waals surface area contributed by atoms with E-state index in [1.165, 1.54) is 27.1 Å². The average Bonchev–Trinajstić information content (AvgIpc) is 2.88. The summed E-state index contributed by atoms with van der Waals surface area (Å²) in [7, 11) is 0. The Hall–Kier alpha value is -2.02. The predicted molar refractivity (Wildman–Crippen MR) is 96.2 cm³/mol. The first-order chi connectivity index (χ1) is 10.3. The highest BCUT2D eigenvalue weighted by Gasteiger charge is 2.65. The molecular formula is C21H23N. The molecule has 0 spiro atoms. The Balaban J connectivity index is 1.96. The van der Waals surface area contributed by atoms with Gasteiger partial charge in [0.2, 0.25) is 0 Å². The Morgan fingerprint density at radius 1 is 0.773 bits per heavy atom. The van der Waals surface area contributed by atoms with Crippen LogP contribution in [-0.2, 0) is 0 Å². The Morgan fingerprint density at radius 2 is 1.36 bits per heavy atom. The zero-order valence-corrected chi connectivity index (χ0v) is 13.8. The molecule has 1 aliphatic carbocycles. The van der Waals surface area contributed by atoms with E-state index in [1.807, 2.05) is 0 Å². The monoisotopic (exact) mass is 289 g/mol. The van der Waals surface area contributed by atoms with Gasteiger partial charge in [0.25, 0.3) is 0 Å². The summed E-state index contributed by atoms with van der Waals surface area (Å²) in [6.45, 7) is 9.40. The molecule has 0 atom stereocenters. The van der Waals surface area contributed by atoms with E-state index in [0.29, 0.717) is 16.7 Å². The maximum absolute atomic E-state index is 6.59. The van der Waals surface area contributed by atoms with Crippen molar-refractivity contribution in [3.05, 3.63) is 54.1 Å². The normalized spacial score (nSPS) is 19.6. The van der Waals surface area contributed by atoms with Gasteiger partial charge in [0, 0.05) is 11.1 Å². The van der Waals surface area contributed by atoms with E-state index in [9.17, 15) is 0 Å². The third-order valence-electron chi connectivity index (χ3n) is 6.29. The molecule has 112 valence electrons. The lowest BCUT2D eigenvalue weighted by Crippen LogP contribution is -1.97. The molecule has 0 bridgehead atoms. The highest BCUT2D eigenvalue weighted by molar-refractivity contribution is 6.04. The molecule has 3 aromatic rings. The molecule has 0 radical (unpaired) electrons. The maximum Gasteiger partial charge on any atom is 0.0429 e. The van der Waals surface area contributed by atoms with Crippen LogP contribution in [0.25, 0.3) is 21.5 Å². The van der Waals surface area contributed by atoms with Crippen molar-refractivity contribution >= 4 is 27.2 Å². The summed E-state index contributed by atoms with van der Waals surface area (Å²) < 4.78 is 0. The van der Waals surface area contributed by atoms with E-state index >= 15 is 0 Å². The van der Waals surface area contributed by atoms with Crippen molar-refractivity contribution in [3.8, 4) is 0 Å². The van der Waals surface area contributed by atoms with Crippen LogP contribution in [0.3, 0.4) is 0 Å². The van der Waals surface area contributed by atoms with Crippen molar-refractivity contribution in [1.29, 1.82) is 0 Å². The smallest absolute Gasteiger partial charge is 0.0429 e. The molecule has 2 N–H and O–H groups in total. The number of hydrogen-bond donors (Lipinski definition) is 1. The first kappa shape index (κ1) is 13.6. The van der Waals surface area contributed by atoms with Gasteiger partial charge in [-0.2, -0.15) is 0 Å². The van der Waals surface area contributed by atoms with Crippen molar-refractivity contribution in [1.82, 2.24) is 0 Å². The first-order valence-corrected chi connectivity index (χ1v) is 8.05. The fourth-order valence-corrected chi connectivity index (χ4v) is 4.28. The Kier molecular flexibility index (Phi) is 2.50. The first-order valence-electron chi connectivity index (χ1n) is 8.05. The summed E-state index contributed by atoms with van der Waals surface area (Å²) in [6, 6.07) is 17.5. The largest absolute Gasteiger partial charge is 0.398 e. The molecule has 22 heavy (non-hydrogen) atoms. The lowest BCUT2D eigenvalue weighted by atomic mass is 9.95. The Bertz CT molecular complexity index is 888. The molecule has 3 aromatic carbocycles. The Labute approximate surface area is 132 Å². The van der Waals surface area contributed by atoms with Crippen molar-refractivity contribution in [2.75, 3.05) is 5.73 Å². The van der Waals surface area contributed by atoms with Gasteiger partial charge in [0.15, 0.2) is 0 Å². The number of anilines is 1. The SMILES string of the molecule is CC1(C)C(c2ccc3cc4ccccc4cc3c2N)C1(C)C. The summed E-state index contributed by atoms with van der Waals surface area (Å²) in [5.74, 6) is 0.538. The molecule has 1 aliphatic rings. The topological polar surface area (TPSA) is 26.0 Å². The van der Waals surface area contributed by atoms with E-state index in [-0.39, 0.29) is 0 Å². The van der Waals surface area contributed by atoms with Crippen LogP contribution in [-0.4, -0.2) is 0 Å². The van der Waals surface area contributed by atoms with Gasteiger partial charge >= 0.3 is 0 Å². The van der Waals surface area contributed by atoms with Gasteiger partial charge in [-0.05, 0) is 50.6 Å². The highest BCUT2D eigenvalue weighted by Crippen LogP contribution is 2.74. The van der Waals surface area contributed by atoms with E-state index in [0.717, 1.165) is 5.69 Å². The molecule has 1 fully saturated rings. The minimum atomic E-state index is 0.311. The van der Waals surface area contributed by atoms with Crippen molar-refractivity contribution in [2.24, 2.45) is 10.8 Å². The fourth-order valence-electron chi connectivity index (χ4n) is 4.28. The number of rotatable bonds is 1. The van der Waals surface area contributed by atoms with Crippen LogP contribution in [0, 0.1) is 10.8 Å². The standard InChI is InChI=1S/C21H23N/c1-20(2)19(21(20,3)4)16-10-9-15-11-13-7-5-6-8-14(13)12-17(15)18(16)22/h5-12,19H,22H2,1-4H3. The lowest BCUT2D eigenvalue weighted by molar-refractivity contribution is 0.457. The molecule has 0 amide bonds. The molecule has 0 aromatic heterocycles. The maximum atomic E-state index is 6.59. The van der Waals surface area contributed by atoms with Gasteiger partial charge in [-0.15, -0.1) is 0 Å². The van der Waals surface area contributed by atoms with Crippen LogP contribution in [0.2, 0.25) is 0 Å². The van der Waals surface area contributed by atoms with E-state index in [4.69, 9.17) is 5.73 Å². The van der Waals surface area contributed by atoms with E-state index in [2.05, 4.69) is 76.2 Å². The van der Waals surface area contributed by atoms with Crippen molar-refractivity contribution in [3.63, 3.8) is 0 Å². The number of nitrogens with two attached hydrogens (primary N) is 1. The minimum Gasteiger partial charge on any atom is -0.398 e. The van der Waals surface area contributed by atoms with Crippen molar-refractivity contribution in [2.45, 2.75) is 33.6 Å². The van der Waals surface area contributed by atoms with E-state index in [1.54, 1.807) is 0 Å². The molecule has 0 saturated heterocycles. The summed E-state index contributed by atoms with van der Waals surface area (Å²) >= 11 is 0. The molecule has 4 rings (SSSR count). The zero-order valence-electron chi connectivity index (χ0n) is 13.8. The molecule has 1 nitrogen and oxygen atoms in total. The van der Waals surface area contributed by atoms with Gasteiger partial charge in [-0.1, -0.05) is 64.1 Å². The van der Waals surface area contributed by atoms with Crippen LogP contribution < -0.4 is 5.73 Å².